The molecule has 1 aromatic heterocycles. The summed E-state index contributed by atoms with van der Waals surface area (Å²) in [5.74, 6) is 0. The van der Waals surface area contributed by atoms with Crippen LogP contribution < -0.4 is 11.2 Å². The number of aromatic nitrogens is 2. The summed E-state index contributed by atoms with van der Waals surface area (Å²) in [4.78, 5) is 25.6. The summed E-state index contributed by atoms with van der Waals surface area (Å²) in [6.45, 7) is 2.71. The molecular formula is C17H22N2O2. The number of hydrogen-bond acceptors (Lipinski definition) is 2. The van der Waals surface area contributed by atoms with Crippen LogP contribution in [0.25, 0.3) is 10.9 Å². The quantitative estimate of drug-likeness (QED) is 0.870. The summed E-state index contributed by atoms with van der Waals surface area (Å²) in [7, 11) is 0. The van der Waals surface area contributed by atoms with Crippen molar-refractivity contribution in [1.29, 1.82) is 0 Å². The summed E-state index contributed by atoms with van der Waals surface area (Å²) in [5.41, 5.74) is 0.517. The topological polar surface area (TPSA) is 44.0 Å². The summed E-state index contributed by atoms with van der Waals surface area (Å²) < 4.78 is 3.29. The molecule has 0 aliphatic heterocycles. The van der Waals surface area contributed by atoms with Crippen LogP contribution in [-0.4, -0.2) is 9.13 Å². The number of hydrogen-bond donors (Lipinski definition) is 0. The first-order valence-corrected chi connectivity index (χ1v) is 7.98. The van der Waals surface area contributed by atoms with Crippen LogP contribution in [-0.2, 0) is 6.54 Å². The average Bonchev–Trinajstić information content (AvgIpc) is 2.53. The molecule has 0 atom stereocenters. The van der Waals surface area contributed by atoms with Crippen molar-refractivity contribution < 1.29 is 0 Å². The highest BCUT2D eigenvalue weighted by atomic mass is 16.2. The second kappa shape index (κ2) is 5.88. The Hall–Kier alpha value is -1.84. The minimum absolute atomic E-state index is 0.0754. The van der Waals surface area contributed by atoms with E-state index in [2.05, 4.69) is 6.92 Å². The Morgan fingerprint density at radius 3 is 2.52 bits per heavy atom. The van der Waals surface area contributed by atoms with Crippen LogP contribution in [0.15, 0.2) is 33.9 Å². The molecule has 0 amide bonds. The molecule has 1 aromatic carbocycles. The number of benzene rings is 1. The van der Waals surface area contributed by atoms with Gasteiger partial charge in [-0.15, -0.1) is 0 Å². The molecule has 1 heterocycles. The van der Waals surface area contributed by atoms with Crippen molar-refractivity contribution in [3.05, 3.63) is 45.1 Å². The zero-order chi connectivity index (χ0) is 14.8. The summed E-state index contributed by atoms with van der Waals surface area (Å²) in [6.07, 6.45) is 6.20. The highest BCUT2D eigenvalue weighted by molar-refractivity contribution is 5.77. The van der Waals surface area contributed by atoms with Crippen LogP contribution in [0.5, 0.6) is 0 Å². The number of nitrogens with zero attached hydrogens (tertiary/aromatic N) is 2. The predicted octanol–water partition coefficient (Wildman–Crippen LogP) is 3.08. The summed E-state index contributed by atoms with van der Waals surface area (Å²) in [6, 6.07) is 7.54. The third kappa shape index (κ3) is 2.43. The molecule has 0 radical (unpaired) electrons. The monoisotopic (exact) mass is 286 g/mol. The van der Waals surface area contributed by atoms with E-state index in [0.29, 0.717) is 11.9 Å². The van der Waals surface area contributed by atoms with E-state index >= 15 is 0 Å². The molecule has 1 aliphatic rings. The van der Waals surface area contributed by atoms with E-state index in [-0.39, 0.29) is 17.3 Å². The van der Waals surface area contributed by atoms with Crippen LogP contribution in [0.1, 0.15) is 51.5 Å². The summed E-state index contributed by atoms with van der Waals surface area (Å²) in [5, 5.41) is 0.663. The molecule has 0 spiro atoms. The Morgan fingerprint density at radius 2 is 1.81 bits per heavy atom. The van der Waals surface area contributed by atoms with Gasteiger partial charge in [-0.2, -0.15) is 0 Å². The van der Waals surface area contributed by atoms with Crippen LogP contribution in [0.4, 0.5) is 0 Å². The van der Waals surface area contributed by atoms with Gasteiger partial charge in [-0.1, -0.05) is 38.3 Å². The largest absolute Gasteiger partial charge is 0.331 e. The van der Waals surface area contributed by atoms with Crippen LogP contribution >= 0.6 is 0 Å². The molecule has 4 heteroatoms. The smallest absolute Gasteiger partial charge is 0.293 e. The molecular weight excluding hydrogens is 264 g/mol. The Balaban J connectivity index is 2.28. The molecule has 1 fully saturated rings. The van der Waals surface area contributed by atoms with Crippen molar-refractivity contribution in [2.45, 2.75) is 58.0 Å². The van der Waals surface area contributed by atoms with Crippen LogP contribution in [0.2, 0.25) is 0 Å². The second-order valence-electron chi connectivity index (χ2n) is 5.92. The molecule has 0 unspecified atom stereocenters. The fraction of sp³-hybridized carbons (Fsp3) is 0.529. The van der Waals surface area contributed by atoms with Gasteiger partial charge in [-0.25, -0.2) is 4.79 Å². The highest BCUT2D eigenvalue weighted by Gasteiger charge is 2.21. The molecule has 2 aromatic rings. The zero-order valence-corrected chi connectivity index (χ0v) is 12.5. The van der Waals surface area contributed by atoms with E-state index in [9.17, 15) is 9.59 Å². The number of fused-ring (bicyclic) bond motifs is 1. The molecule has 112 valence electrons. The third-order valence-corrected chi connectivity index (χ3v) is 4.47. The minimum atomic E-state index is -0.132. The lowest BCUT2D eigenvalue weighted by Crippen LogP contribution is -2.42. The minimum Gasteiger partial charge on any atom is -0.293 e. The Kier molecular flexibility index (Phi) is 3.95. The predicted molar refractivity (Wildman–Crippen MR) is 84.9 cm³/mol. The fourth-order valence-electron chi connectivity index (χ4n) is 3.44. The van der Waals surface area contributed by atoms with E-state index in [1.54, 1.807) is 4.57 Å². The summed E-state index contributed by atoms with van der Waals surface area (Å²) >= 11 is 0. The van der Waals surface area contributed by atoms with E-state index in [1.807, 2.05) is 24.3 Å². The Bertz CT molecular complexity index is 751. The molecule has 4 nitrogen and oxygen atoms in total. The van der Waals surface area contributed by atoms with E-state index in [0.717, 1.165) is 37.6 Å². The van der Waals surface area contributed by atoms with Gasteiger partial charge >= 0.3 is 5.69 Å². The van der Waals surface area contributed by atoms with Gasteiger partial charge in [-0.05, 0) is 31.4 Å². The standard InChI is InChI=1S/C17H22N2O2/c1-2-12-18-15-11-7-6-10-14(15)16(20)19(17(18)21)13-8-4-3-5-9-13/h6-7,10-11,13H,2-5,8-9,12H2,1H3. The Morgan fingerprint density at radius 1 is 1.10 bits per heavy atom. The first kappa shape index (κ1) is 14.1. The van der Waals surface area contributed by atoms with Crippen LogP contribution in [0.3, 0.4) is 0 Å². The van der Waals surface area contributed by atoms with Gasteiger partial charge in [0, 0.05) is 12.6 Å². The van der Waals surface area contributed by atoms with E-state index < -0.39 is 0 Å². The van der Waals surface area contributed by atoms with Crippen molar-refractivity contribution in [2.24, 2.45) is 0 Å². The van der Waals surface area contributed by atoms with Crippen molar-refractivity contribution in [1.82, 2.24) is 9.13 Å². The lowest BCUT2D eigenvalue weighted by Gasteiger charge is -2.24. The molecule has 0 saturated heterocycles. The first-order valence-electron chi connectivity index (χ1n) is 7.98. The average molecular weight is 286 g/mol. The van der Waals surface area contributed by atoms with Crippen molar-refractivity contribution in [2.75, 3.05) is 0 Å². The highest BCUT2D eigenvalue weighted by Crippen LogP contribution is 2.26. The fourth-order valence-corrected chi connectivity index (χ4v) is 3.44. The van der Waals surface area contributed by atoms with Crippen molar-refractivity contribution in [3.8, 4) is 0 Å². The number of para-hydroxylation sites is 1. The molecule has 1 saturated carbocycles. The van der Waals surface area contributed by atoms with Gasteiger partial charge in [0.25, 0.3) is 5.56 Å². The SMILES string of the molecule is CCCn1c(=O)n(C2CCCCC2)c(=O)c2ccccc21. The van der Waals surface area contributed by atoms with Gasteiger partial charge < -0.3 is 0 Å². The lowest BCUT2D eigenvalue weighted by atomic mass is 9.95. The van der Waals surface area contributed by atoms with Gasteiger partial charge in [0.15, 0.2) is 0 Å². The zero-order valence-electron chi connectivity index (χ0n) is 12.5. The first-order chi connectivity index (χ1) is 10.2. The van der Waals surface area contributed by atoms with E-state index in [4.69, 9.17) is 0 Å². The van der Waals surface area contributed by atoms with Crippen LogP contribution in [0, 0.1) is 0 Å². The maximum absolute atomic E-state index is 12.8. The number of aryl methyl sites for hydroxylation is 1. The molecule has 0 N–H and O–H groups in total. The van der Waals surface area contributed by atoms with Gasteiger partial charge in [-0.3, -0.25) is 13.9 Å². The maximum atomic E-state index is 12.8. The maximum Gasteiger partial charge on any atom is 0.331 e. The van der Waals surface area contributed by atoms with Gasteiger partial charge in [0.2, 0.25) is 0 Å². The van der Waals surface area contributed by atoms with Gasteiger partial charge in [0.05, 0.1) is 10.9 Å². The Labute approximate surface area is 124 Å². The normalized spacial score (nSPS) is 16.4. The second-order valence-corrected chi connectivity index (χ2v) is 5.92. The molecule has 0 bridgehead atoms. The van der Waals surface area contributed by atoms with Crippen molar-refractivity contribution in [3.63, 3.8) is 0 Å². The van der Waals surface area contributed by atoms with Gasteiger partial charge in [0.1, 0.15) is 0 Å². The molecule has 1 aliphatic carbocycles. The molecule has 3 rings (SSSR count). The number of rotatable bonds is 3. The third-order valence-electron chi connectivity index (χ3n) is 4.47. The van der Waals surface area contributed by atoms with Crippen molar-refractivity contribution >= 4 is 10.9 Å². The lowest BCUT2D eigenvalue weighted by molar-refractivity contribution is 0.331. The van der Waals surface area contributed by atoms with E-state index in [1.165, 1.54) is 11.0 Å². The molecule has 21 heavy (non-hydrogen) atoms.